The molecular formula is C27H18Cl2F3N3O. The van der Waals surface area contributed by atoms with Crippen LogP contribution in [0.4, 0.5) is 13.2 Å². The lowest BCUT2D eigenvalue weighted by Crippen LogP contribution is -2.08. The van der Waals surface area contributed by atoms with Crippen molar-refractivity contribution in [3.8, 4) is 22.7 Å². The van der Waals surface area contributed by atoms with Crippen LogP contribution in [0.15, 0.2) is 78.9 Å². The molecule has 3 aromatic carbocycles. The summed E-state index contributed by atoms with van der Waals surface area (Å²) >= 11 is 12.1. The van der Waals surface area contributed by atoms with Gasteiger partial charge in [0.2, 0.25) is 0 Å². The fraction of sp³-hybridized carbons (Fsp3) is 0.111. The first-order valence-electron chi connectivity index (χ1n) is 10.9. The van der Waals surface area contributed by atoms with Gasteiger partial charge in [-0.1, -0.05) is 41.4 Å². The maximum Gasteiger partial charge on any atom is 0.417 e. The Balaban J connectivity index is 1.54. The number of benzene rings is 3. The van der Waals surface area contributed by atoms with Crippen LogP contribution in [-0.2, 0) is 12.8 Å². The van der Waals surface area contributed by atoms with Crippen LogP contribution >= 0.6 is 23.2 Å². The van der Waals surface area contributed by atoms with Crippen LogP contribution in [-0.4, -0.2) is 14.8 Å². The highest BCUT2D eigenvalue weighted by atomic mass is 35.5. The molecule has 0 fully saturated rings. The monoisotopic (exact) mass is 527 g/mol. The van der Waals surface area contributed by atoms with Crippen LogP contribution in [0, 0.1) is 6.92 Å². The summed E-state index contributed by atoms with van der Waals surface area (Å²) in [7, 11) is 0. The van der Waals surface area contributed by atoms with Crippen molar-refractivity contribution in [1.82, 2.24) is 14.8 Å². The van der Waals surface area contributed by atoms with E-state index in [1.54, 1.807) is 54.6 Å². The van der Waals surface area contributed by atoms with E-state index in [0.29, 0.717) is 27.0 Å². The molecular weight excluding hydrogens is 510 g/mol. The van der Waals surface area contributed by atoms with Gasteiger partial charge >= 0.3 is 6.18 Å². The normalized spacial score (nSPS) is 11.7. The van der Waals surface area contributed by atoms with Crippen LogP contribution in [0.2, 0.25) is 10.0 Å². The first kappa shape index (κ1) is 24.2. The zero-order chi connectivity index (χ0) is 25.4. The Morgan fingerprint density at radius 3 is 2.28 bits per heavy atom. The summed E-state index contributed by atoms with van der Waals surface area (Å²) in [6, 6.07) is 21.8. The van der Waals surface area contributed by atoms with Crippen molar-refractivity contribution in [3.05, 3.63) is 106 Å². The molecule has 2 heterocycles. The fourth-order valence-corrected chi connectivity index (χ4v) is 4.24. The predicted octanol–water partition coefficient (Wildman–Crippen LogP) is 8.30. The van der Waals surface area contributed by atoms with Gasteiger partial charge in [0.25, 0.3) is 0 Å². The number of fused-ring (bicyclic) bond motifs is 1. The summed E-state index contributed by atoms with van der Waals surface area (Å²) in [6.45, 7) is 1.80. The summed E-state index contributed by atoms with van der Waals surface area (Å²) < 4.78 is 49.5. The molecule has 4 nitrogen and oxygen atoms in total. The molecule has 2 aromatic heterocycles. The highest BCUT2D eigenvalue weighted by Gasteiger charge is 2.35. The highest BCUT2D eigenvalue weighted by Crippen LogP contribution is 2.39. The lowest BCUT2D eigenvalue weighted by atomic mass is 10.0. The summed E-state index contributed by atoms with van der Waals surface area (Å²) in [5.74, 6) is 0.554. The van der Waals surface area contributed by atoms with E-state index >= 15 is 0 Å². The molecule has 0 aliphatic carbocycles. The third-order valence-electron chi connectivity index (χ3n) is 5.69. The van der Waals surface area contributed by atoms with Crippen LogP contribution in [0.1, 0.15) is 16.8 Å². The van der Waals surface area contributed by atoms with Gasteiger partial charge in [0.1, 0.15) is 12.4 Å². The SMILES string of the molecule is Cc1nn(-c2ccc(Cl)cc2)c2nc(-c3ccc(OCc4ccccc4Cl)cc3)cc(C(F)(F)F)c12. The lowest BCUT2D eigenvalue weighted by molar-refractivity contribution is -0.136. The molecule has 182 valence electrons. The van der Waals surface area contributed by atoms with Gasteiger partial charge in [-0.15, -0.1) is 0 Å². The Kier molecular flexibility index (Phi) is 6.36. The average molecular weight is 528 g/mol. The molecule has 0 bridgehead atoms. The molecule has 0 saturated carbocycles. The van der Waals surface area contributed by atoms with Crippen LogP contribution in [0.5, 0.6) is 5.75 Å². The molecule has 5 rings (SSSR count). The Morgan fingerprint density at radius 1 is 0.917 bits per heavy atom. The van der Waals surface area contributed by atoms with Gasteiger partial charge in [-0.2, -0.15) is 18.3 Å². The number of aromatic nitrogens is 3. The summed E-state index contributed by atoms with van der Waals surface area (Å²) in [5, 5.41) is 5.42. The van der Waals surface area contributed by atoms with E-state index in [1.165, 1.54) is 11.6 Å². The number of hydrogen-bond donors (Lipinski definition) is 0. The van der Waals surface area contributed by atoms with Crippen molar-refractivity contribution in [1.29, 1.82) is 0 Å². The second-order valence-electron chi connectivity index (χ2n) is 8.13. The number of halogens is 5. The Hall–Kier alpha value is -3.55. The minimum absolute atomic E-state index is 0.0408. The number of nitrogens with zero attached hydrogens (tertiary/aromatic N) is 3. The zero-order valence-electron chi connectivity index (χ0n) is 18.9. The molecule has 0 atom stereocenters. The Bertz CT molecular complexity index is 1550. The third kappa shape index (κ3) is 4.76. The van der Waals surface area contributed by atoms with Crippen LogP contribution < -0.4 is 4.74 Å². The van der Waals surface area contributed by atoms with Crippen molar-refractivity contribution in [2.45, 2.75) is 19.7 Å². The van der Waals surface area contributed by atoms with Crippen LogP contribution in [0.25, 0.3) is 28.0 Å². The van der Waals surface area contributed by atoms with Gasteiger partial charge in [-0.25, -0.2) is 9.67 Å². The molecule has 36 heavy (non-hydrogen) atoms. The summed E-state index contributed by atoms with van der Waals surface area (Å²) in [5.41, 5.74) is 1.61. The van der Waals surface area contributed by atoms with E-state index in [1.807, 2.05) is 18.2 Å². The number of pyridine rings is 1. The summed E-state index contributed by atoms with van der Waals surface area (Å²) in [6.07, 6.45) is -4.59. The van der Waals surface area contributed by atoms with E-state index in [-0.39, 0.29) is 29.0 Å². The molecule has 0 N–H and O–H groups in total. The van der Waals surface area contributed by atoms with Crippen molar-refractivity contribution >= 4 is 34.2 Å². The van der Waals surface area contributed by atoms with Crippen molar-refractivity contribution < 1.29 is 17.9 Å². The number of aryl methyl sites for hydroxylation is 1. The number of hydrogen-bond acceptors (Lipinski definition) is 3. The number of ether oxygens (including phenoxy) is 1. The lowest BCUT2D eigenvalue weighted by Gasteiger charge is -2.12. The van der Waals surface area contributed by atoms with Gasteiger partial charge in [0.05, 0.1) is 28.0 Å². The van der Waals surface area contributed by atoms with E-state index in [4.69, 9.17) is 27.9 Å². The highest BCUT2D eigenvalue weighted by molar-refractivity contribution is 6.31. The third-order valence-corrected chi connectivity index (χ3v) is 6.31. The van der Waals surface area contributed by atoms with E-state index in [2.05, 4.69) is 10.1 Å². The minimum atomic E-state index is -4.59. The first-order chi connectivity index (χ1) is 17.2. The van der Waals surface area contributed by atoms with E-state index in [9.17, 15) is 13.2 Å². The predicted molar refractivity (Wildman–Crippen MR) is 135 cm³/mol. The quantitative estimate of drug-likeness (QED) is 0.230. The molecule has 9 heteroatoms. The van der Waals surface area contributed by atoms with Crippen molar-refractivity contribution in [2.75, 3.05) is 0 Å². The standard InChI is InChI=1S/C27H18Cl2F3N3O/c1-16-25-22(27(30,31)32)14-24(33-26(25)35(34-16)20-10-8-19(28)9-11-20)17-6-12-21(13-7-17)36-15-18-4-2-3-5-23(18)29/h2-14H,15H2,1H3. The maximum atomic E-state index is 14.1. The largest absolute Gasteiger partial charge is 0.489 e. The molecule has 0 aliphatic heterocycles. The molecule has 0 aliphatic rings. The smallest absolute Gasteiger partial charge is 0.417 e. The second kappa shape index (κ2) is 9.48. The molecule has 0 radical (unpaired) electrons. The van der Waals surface area contributed by atoms with Crippen molar-refractivity contribution in [3.63, 3.8) is 0 Å². The minimum Gasteiger partial charge on any atom is -0.489 e. The molecule has 0 spiro atoms. The molecule has 0 saturated heterocycles. The van der Waals surface area contributed by atoms with Gasteiger partial charge in [-0.3, -0.25) is 0 Å². The maximum absolute atomic E-state index is 14.1. The van der Waals surface area contributed by atoms with Gasteiger partial charge in [-0.05, 0) is 67.6 Å². The molecule has 5 aromatic rings. The topological polar surface area (TPSA) is 39.9 Å². The van der Waals surface area contributed by atoms with Crippen LogP contribution in [0.3, 0.4) is 0 Å². The number of alkyl halides is 3. The average Bonchev–Trinajstić information content (AvgIpc) is 3.19. The second-order valence-corrected chi connectivity index (χ2v) is 8.97. The van der Waals surface area contributed by atoms with E-state index in [0.717, 1.165) is 11.6 Å². The molecule has 0 unspecified atom stereocenters. The first-order valence-corrected chi connectivity index (χ1v) is 11.7. The zero-order valence-corrected chi connectivity index (χ0v) is 20.4. The van der Waals surface area contributed by atoms with Gasteiger partial charge in [0.15, 0.2) is 5.65 Å². The Labute approximate surface area is 214 Å². The van der Waals surface area contributed by atoms with Gasteiger partial charge < -0.3 is 4.74 Å². The molecule has 0 amide bonds. The summed E-state index contributed by atoms with van der Waals surface area (Å²) in [4.78, 5) is 4.58. The van der Waals surface area contributed by atoms with Gasteiger partial charge in [0, 0.05) is 21.2 Å². The van der Waals surface area contributed by atoms with Crippen molar-refractivity contribution in [2.24, 2.45) is 0 Å². The fourth-order valence-electron chi connectivity index (χ4n) is 3.92. The van der Waals surface area contributed by atoms with E-state index < -0.39 is 11.7 Å². The number of rotatable bonds is 5. The Morgan fingerprint density at radius 2 is 1.61 bits per heavy atom.